The number of hydrogen-bond acceptors (Lipinski definition) is 6. The van der Waals surface area contributed by atoms with Crippen LogP contribution in [0, 0.1) is 11.3 Å². The van der Waals surface area contributed by atoms with Crippen molar-refractivity contribution in [3.05, 3.63) is 51.6 Å². The van der Waals surface area contributed by atoms with Gasteiger partial charge in [0.05, 0.1) is 22.9 Å². The Kier molecular flexibility index (Phi) is 5.71. The summed E-state index contributed by atoms with van der Waals surface area (Å²) in [5.41, 5.74) is 1.66. The van der Waals surface area contributed by atoms with Crippen LogP contribution in [-0.4, -0.2) is 21.2 Å². The number of nitriles is 1. The number of thioether (sulfide) groups is 1. The zero-order chi connectivity index (χ0) is 18.5. The summed E-state index contributed by atoms with van der Waals surface area (Å²) in [6.45, 7) is 2.56. The molecule has 1 N–H and O–H groups in total. The number of nitrogens with one attached hydrogen (secondary N) is 1. The highest BCUT2D eigenvalue weighted by Crippen LogP contribution is 2.21. The number of hydrogen-bond donors (Lipinski definition) is 1. The van der Waals surface area contributed by atoms with Gasteiger partial charge in [-0.1, -0.05) is 24.8 Å². The molecule has 132 valence electrons. The molecule has 2 aromatic heterocycles. The fourth-order valence-corrected chi connectivity index (χ4v) is 4.05. The molecule has 0 aliphatic rings. The van der Waals surface area contributed by atoms with Crippen molar-refractivity contribution in [1.29, 1.82) is 5.26 Å². The summed E-state index contributed by atoms with van der Waals surface area (Å²) in [6.07, 6.45) is 0.805. The third kappa shape index (κ3) is 3.95. The Hall–Kier alpha value is -2.63. The molecule has 26 heavy (non-hydrogen) atoms. The Bertz CT molecular complexity index is 1050. The molecule has 2 heterocycles. The first-order valence-corrected chi connectivity index (χ1v) is 9.89. The van der Waals surface area contributed by atoms with Crippen molar-refractivity contribution in [1.82, 2.24) is 9.55 Å². The second kappa shape index (κ2) is 8.17. The third-order valence-electron chi connectivity index (χ3n) is 3.59. The number of fused-ring (bicyclic) bond motifs is 1. The van der Waals surface area contributed by atoms with Gasteiger partial charge in [-0.25, -0.2) is 4.98 Å². The number of carbonyl (C=O) groups is 1. The van der Waals surface area contributed by atoms with Crippen molar-refractivity contribution in [2.75, 3.05) is 11.1 Å². The summed E-state index contributed by atoms with van der Waals surface area (Å²) in [6, 6.07) is 10.6. The first-order valence-electron chi connectivity index (χ1n) is 8.03. The van der Waals surface area contributed by atoms with Crippen LogP contribution in [0.4, 0.5) is 5.69 Å². The third-order valence-corrected chi connectivity index (χ3v) is 5.45. The maximum atomic E-state index is 12.6. The van der Waals surface area contributed by atoms with Crippen LogP contribution in [0.15, 0.2) is 45.7 Å². The standard InChI is InChI=1S/C18H16N4O2S2/c1-2-7-22-17(24)16-14(6-8-25-16)21-18(22)26-11-15(23)20-13-5-3-4-12(9-13)10-19/h3-6,8-9H,2,7,11H2,1H3,(H,20,23). The molecule has 8 heteroatoms. The van der Waals surface area contributed by atoms with Crippen LogP contribution in [-0.2, 0) is 11.3 Å². The van der Waals surface area contributed by atoms with Crippen molar-refractivity contribution in [2.24, 2.45) is 0 Å². The van der Waals surface area contributed by atoms with Gasteiger partial charge in [-0.05, 0) is 36.1 Å². The van der Waals surface area contributed by atoms with Crippen LogP contribution >= 0.6 is 23.1 Å². The molecule has 0 radical (unpaired) electrons. The van der Waals surface area contributed by atoms with E-state index in [1.54, 1.807) is 28.8 Å². The molecule has 0 saturated carbocycles. The Morgan fingerprint density at radius 2 is 2.27 bits per heavy atom. The minimum Gasteiger partial charge on any atom is -0.325 e. The molecule has 6 nitrogen and oxygen atoms in total. The van der Waals surface area contributed by atoms with Gasteiger partial charge < -0.3 is 5.32 Å². The van der Waals surface area contributed by atoms with Crippen LogP contribution in [0.5, 0.6) is 0 Å². The van der Waals surface area contributed by atoms with Crippen LogP contribution < -0.4 is 10.9 Å². The minimum absolute atomic E-state index is 0.0588. The van der Waals surface area contributed by atoms with Gasteiger partial charge in [0.2, 0.25) is 5.91 Å². The maximum absolute atomic E-state index is 12.6. The molecule has 1 amide bonds. The number of rotatable bonds is 6. The lowest BCUT2D eigenvalue weighted by Gasteiger charge is -2.11. The first-order chi connectivity index (χ1) is 12.6. The second-order valence-corrected chi connectivity index (χ2v) is 7.37. The van der Waals surface area contributed by atoms with Crippen LogP contribution in [0.2, 0.25) is 0 Å². The molecule has 0 saturated heterocycles. The maximum Gasteiger partial charge on any atom is 0.272 e. The lowest BCUT2D eigenvalue weighted by Crippen LogP contribution is -2.23. The van der Waals surface area contributed by atoms with Gasteiger partial charge in [0, 0.05) is 12.2 Å². The Balaban J connectivity index is 1.76. The lowest BCUT2D eigenvalue weighted by atomic mass is 10.2. The van der Waals surface area contributed by atoms with Gasteiger partial charge in [-0.2, -0.15) is 5.26 Å². The largest absolute Gasteiger partial charge is 0.325 e. The zero-order valence-electron chi connectivity index (χ0n) is 14.1. The van der Waals surface area contributed by atoms with Gasteiger partial charge in [0.1, 0.15) is 4.70 Å². The molecule has 3 aromatic rings. The quantitative estimate of drug-likeness (QED) is 0.519. The summed E-state index contributed by atoms with van der Waals surface area (Å²) in [4.78, 5) is 29.4. The van der Waals surface area contributed by atoms with Gasteiger partial charge in [-0.3, -0.25) is 14.2 Å². The highest BCUT2D eigenvalue weighted by atomic mass is 32.2. The second-order valence-electron chi connectivity index (χ2n) is 5.52. The van der Waals surface area contributed by atoms with Crippen LogP contribution in [0.25, 0.3) is 10.2 Å². The number of nitrogens with zero attached hydrogens (tertiary/aromatic N) is 3. The molecular weight excluding hydrogens is 368 g/mol. The number of thiophene rings is 1. The summed E-state index contributed by atoms with van der Waals surface area (Å²) < 4.78 is 2.27. The highest BCUT2D eigenvalue weighted by molar-refractivity contribution is 7.99. The summed E-state index contributed by atoms with van der Waals surface area (Å²) in [5.74, 6) is -0.0874. The van der Waals surface area contributed by atoms with E-state index in [1.807, 2.05) is 24.4 Å². The molecule has 0 unspecified atom stereocenters. The molecule has 0 atom stereocenters. The predicted octanol–water partition coefficient (Wildman–Crippen LogP) is 3.47. The average Bonchev–Trinajstić information content (AvgIpc) is 3.11. The first kappa shape index (κ1) is 18.2. The van der Waals surface area contributed by atoms with Crippen molar-refractivity contribution >= 4 is 44.9 Å². The Labute approximate surface area is 158 Å². The molecule has 0 aliphatic carbocycles. The van der Waals surface area contributed by atoms with E-state index in [4.69, 9.17) is 5.26 Å². The number of aromatic nitrogens is 2. The van der Waals surface area contributed by atoms with Gasteiger partial charge >= 0.3 is 0 Å². The van der Waals surface area contributed by atoms with Gasteiger partial charge in [-0.15, -0.1) is 11.3 Å². The van der Waals surface area contributed by atoms with Crippen LogP contribution in [0.3, 0.4) is 0 Å². The fourth-order valence-electron chi connectivity index (χ4n) is 2.45. The molecule has 3 rings (SSSR count). The van der Waals surface area contributed by atoms with Gasteiger partial charge in [0.15, 0.2) is 5.16 Å². The molecule has 0 bridgehead atoms. The molecule has 0 fully saturated rings. The Morgan fingerprint density at radius 1 is 1.42 bits per heavy atom. The molecular formula is C18H16N4O2S2. The van der Waals surface area contributed by atoms with E-state index < -0.39 is 0 Å². The van der Waals surface area contributed by atoms with Gasteiger partial charge in [0.25, 0.3) is 5.56 Å². The summed E-state index contributed by atoms with van der Waals surface area (Å²) in [5, 5.41) is 14.1. The predicted molar refractivity (Wildman–Crippen MR) is 105 cm³/mol. The zero-order valence-corrected chi connectivity index (χ0v) is 15.7. The lowest BCUT2D eigenvalue weighted by molar-refractivity contribution is -0.113. The smallest absolute Gasteiger partial charge is 0.272 e. The topological polar surface area (TPSA) is 87.8 Å². The number of amides is 1. The highest BCUT2D eigenvalue weighted by Gasteiger charge is 2.14. The van der Waals surface area contributed by atoms with Crippen molar-refractivity contribution in [2.45, 2.75) is 25.0 Å². The number of benzene rings is 1. The molecule has 0 aliphatic heterocycles. The number of anilines is 1. The van der Waals surface area contributed by atoms with Crippen molar-refractivity contribution < 1.29 is 4.79 Å². The van der Waals surface area contributed by atoms with E-state index in [-0.39, 0.29) is 17.2 Å². The van der Waals surface area contributed by atoms with E-state index in [0.29, 0.717) is 33.2 Å². The molecule has 0 spiro atoms. The van der Waals surface area contributed by atoms with E-state index in [9.17, 15) is 9.59 Å². The monoisotopic (exact) mass is 384 g/mol. The average molecular weight is 384 g/mol. The number of carbonyl (C=O) groups excluding carboxylic acids is 1. The van der Waals surface area contributed by atoms with E-state index in [0.717, 1.165) is 6.42 Å². The molecule has 1 aromatic carbocycles. The summed E-state index contributed by atoms with van der Waals surface area (Å²) >= 11 is 2.62. The summed E-state index contributed by atoms with van der Waals surface area (Å²) in [7, 11) is 0. The fraction of sp³-hybridized carbons (Fsp3) is 0.222. The normalized spacial score (nSPS) is 10.6. The van der Waals surface area contributed by atoms with E-state index >= 15 is 0 Å². The van der Waals surface area contributed by atoms with E-state index in [2.05, 4.69) is 10.3 Å². The van der Waals surface area contributed by atoms with E-state index in [1.165, 1.54) is 23.1 Å². The van der Waals surface area contributed by atoms with Crippen molar-refractivity contribution in [3.63, 3.8) is 0 Å². The minimum atomic E-state index is -0.215. The van der Waals surface area contributed by atoms with Crippen LogP contribution in [0.1, 0.15) is 18.9 Å². The SMILES string of the molecule is CCCn1c(SCC(=O)Nc2cccc(C#N)c2)nc2ccsc2c1=O. The van der Waals surface area contributed by atoms with Crippen molar-refractivity contribution in [3.8, 4) is 6.07 Å². The Morgan fingerprint density at radius 3 is 3.04 bits per heavy atom.